The lowest BCUT2D eigenvalue weighted by molar-refractivity contribution is -0.140. The Morgan fingerprint density at radius 3 is 2.50 bits per heavy atom. The number of carbonyl (C=O) groups is 2. The van der Waals surface area contributed by atoms with Gasteiger partial charge < -0.3 is 15.4 Å². The van der Waals surface area contributed by atoms with Crippen LogP contribution in [0.4, 0.5) is 4.79 Å². The highest BCUT2D eigenvalue weighted by Gasteiger charge is 2.32. The molecule has 1 aliphatic rings. The van der Waals surface area contributed by atoms with E-state index < -0.39 is 12.0 Å². The van der Waals surface area contributed by atoms with Gasteiger partial charge >= 0.3 is 12.0 Å². The summed E-state index contributed by atoms with van der Waals surface area (Å²) in [4.78, 5) is 24.9. The molecule has 0 fully saturated rings. The number of hydrogen-bond acceptors (Lipinski definition) is 3. The molecule has 3 aromatic carbocycles. The van der Waals surface area contributed by atoms with Crippen LogP contribution in [-0.2, 0) is 16.1 Å². The van der Waals surface area contributed by atoms with Crippen LogP contribution in [-0.4, -0.2) is 12.0 Å². The number of amides is 2. The van der Waals surface area contributed by atoms with E-state index in [4.69, 9.17) is 4.74 Å². The molecule has 0 spiro atoms. The number of allylic oxidation sites excluding steroid dienone is 1. The molecule has 0 radical (unpaired) electrons. The van der Waals surface area contributed by atoms with Crippen molar-refractivity contribution in [2.24, 2.45) is 0 Å². The monoisotopic (exact) mass is 372 g/mol. The maximum absolute atomic E-state index is 12.9. The summed E-state index contributed by atoms with van der Waals surface area (Å²) in [5.74, 6) is -0.452. The topological polar surface area (TPSA) is 67.4 Å². The van der Waals surface area contributed by atoms with Gasteiger partial charge in [0.1, 0.15) is 6.61 Å². The van der Waals surface area contributed by atoms with Gasteiger partial charge in [-0.1, -0.05) is 72.8 Å². The predicted octanol–water partition coefficient (Wildman–Crippen LogP) is 4.21. The van der Waals surface area contributed by atoms with Crippen LogP contribution in [0, 0.1) is 0 Å². The fourth-order valence-electron chi connectivity index (χ4n) is 3.50. The summed E-state index contributed by atoms with van der Waals surface area (Å²) in [6.45, 7) is 1.87. The zero-order chi connectivity index (χ0) is 19.5. The first-order chi connectivity index (χ1) is 13.6. The maximum atomic E-state index is 12.9. The molecule has 1 aliphatic heterocycles. The largest absolute Gasteiger partial charge is 0.457 e. The van der Waals surface area contributed by atoms with E-state index in [2.05, 4.69) is 10.6 Å². The van der Waals surface area contributed by atoms with Crippen molar-refractivity contribution in [1.82, 2.24) is 10.6 Å². The molecular formula is C23H20N2O3. The van der Waals surface area contributed by atoms with E-state index in [9.17, 15) is 9.59 Å². The van der Waals surface area contributed by atoms with Crippen LogP contribution >= 0.6 is 0 Å². The van der Waals surface area contributed by atoms with Crippen molar-refractivity contribution >= 4 is 22.8 Å². The molecule has 1 heterocycles. The third-order valence-corrected chi connectivity index (χ3v) is 4.86. The fraction of sp³-hybridized carbons (Fsp3) is 0.130. The highest BCUT2D eigenvalue weighted by atomic mass is 16.5. The molecule has 0 saturated carbocycles. The van der Waals surface area contributed by atoms with Gasteiger partial charge in [0, 0.05) is 5.70 Å². The van der Waals surface area contributed by atoms with Gasteiger partial charge in [-0.15, -0.1) is 0 Å². The quantitative estimate of drug-likeness (QED) is 0.674. The van der Waals surface area contributed by atoms with Gasteiger partial charge in [-0.2, -0.15) is 0 Å². The first-order valence-electron chi connectivity index (χ1n) is 9.10. The number of urea groups is 1. The van der Waals surface area contributed by atoms with Gasteiger partial charge in [0.15, 0.2) is 0 Å². The number of carbonyl (C=O) groups excluding carboxylic acids is 2. The second-order valence-electron chi connectivity index (χ2n) is 6.70. The van der Waals surface area contributed by atoms with Crippen molar-refractivity contribution in [3.63, 3.8) is 0 Å². The van der Waals surface area contributed by atoms with Gasteiger partial charge in [0.25, 0.3) is 0 Å². The zero-order valence-electron chi connectivity index (χ0n) is 15.4. The Labute approximate surface area is 163 Å². The van der Waals surface area contributed by atoms with Crippen molar-refractivity contribution in [1.29, 1.82) is 0 Å². The predicted molar refractivity (Wildman–Crippen MR) is 107 cm³/mol. The van der Waals surface area contributed by atoms with E-state index in [1.54, 1.807) is 6.92 Å². The van der Waals surface area contributed by atoms with E-state index in [0.29, 0.717) is 11.3 Å². The minimum absolute atomic E-state index is 0.159. The number of ether oxygens (including phenoxy) is 1. The molecule has 5 heteroatoms. The normalized spacial score (nSPS) is 16.5. The van der Waals surface area contributed by atoms with Gasteiger partial charge in [0.05, 0.1) is 11.6 Å². The smallest absolute Gasteiger partial charge is 0.338 e. The molecule has 3 aromatic rings. The van der Waals surface area contributed by atoms with Crippen LogP contribution in [0.1, 0.15) is 24.1 Å². The van der Waals surface area contributed by atoms with E-state index in [1.165, 1.54) is 0 Å². The van der Waals surface area contributed by atoms with Crippen LogP contribution in [0.25, 0.3) is 10.8 Å². The average molecular weight is 372 g/mol. The number of fused-ring (bicyclic) bond motifs is 1. The Bertz CT molecular complexity index is 1070. The average Bonchev–Trinajstić information content (AvgIpc) is 2.72. The highest BCUT2D eigenvalue weighted by Crippen LogP contribution is 2.28. The zero-order valence-corrected chi connectivity index (χ0v) is 15.4. The lowest BCUT2D eigenvalue weighted by Gasteiger charge is -2.28. The molecule has 1 unspecified atom stereocenters. The first-order valence-corrected chi connectivity index (χ1v) is 9.10. The standard InChI is InChI=1S/C23H20N2O3/c1-15-20(21(25-23(27)24-15)17-9-3-2-4-10-17)22(26)28-14-18-12-7-11-16-8-5-6-13-19(16)18/h2-13,21H,14H2,1H3,(H2,24,25,27). The Kier molecular flexibility index (Phi) is 4.81. The third kappa shape index (κ3) is 3.47. The molecule has 0 aliphatic carbocycles. The molecule has 0 aromatic heterocycles. The minimum atomic E-state index is -0.546. The summed E-state index contributed by atoms with van der Waals surface area (Å²) in [5.41, 5.74) is 2.68. The third-order valence-electron chi connectivity index (χ3n) is 4.86. The first kappa shape index (κ1) is 17.8. The number of esters is 1. The number of nitrogens with one attached hydrogen (secondary N) is 2. The maximum Gasteiger partial charge on any atom is 0.338 e. The SMILES string of the molecule is CC1=C(C(=O)OCc2cccc3ccccc23)C(c2ccccc2)NC(=O)N1. The van der Waals surface area contributed by atoms with Gasteiger partial charge in [-0.05, 0) is 28.8 Å². The van der Waals surface area contributed by atoms with Crippen molar-refractivity contribution in [3.8, 4) is 0 Å². The molecule has 28 heavy (non-hydrogen) atoms. The lowest BCUT2D eigenvalue weighted by Crippen LogP contribution is -2.45. The molecule has 5 nitrogen and oxygen atoms in total. The Hall–Kier alpha value is -3.60. The van der Waals surface area contributed by atoms with Crippen LogP contribution < -0.4 is 10.6 Å². The minimum Gasteiger partial charge on any atom is -0.457 e. The molecule has 0 saturated heterocycles. The Morgan fingerprint density at radius 2 is 1.68 bits per heavy atom. The lowest BCUT2D eigenvalue weighted by atomic mass is 9.95. The molecule has 1 atom stereocenters. The highest BCUT2D eigenvalue weighted by molar-refractivity contribution is 5.95. The molecule has 4 rings (SSSR count). The van der Waals surface area contributed by atoms with Gasteiger partial charge in [-0.3, -0.25) is 0 Å². The second kappa shape index (κ2) is 7.56. The number of benzene rings is 3. The Balaban J connectivity index is 1.60. The van der Waals surface area contributed by atoms with Crippen molar-refractivity contribution in [3.05, 3.63) is 95.2 Å². The summed E-state index contributed by atoms with van der Waals surface area (Å²) in [6, 6.07) is 22.4. The Morgan fingerprint density at radius 1 is 0.964 bits per heavy atom. The summed E-state index contributed by atoms with van der Waals surface area (Å²) in [6.07, 6.45) is 0. The van der Waals surface area contributed by atoms with E-state index >= 15 is 0 Å². The van der Waals surface area contributed by atoms with E-state index in [-0.39, 0.29) is 12.6 Å². The molecule has 2 N–H and O–H groups in total. The molecule has 0 bridgehead atoms. The van der Waals surface area contributed by atoms with Crippen LogP contribution in [0.5, 0.6) is 0 Å². The molecule has 140 valence electrons. The summed E-state index contributed by atoms with van der Waals surface area (Å²) in [5, 5.41) is 7.63. The van der Waals surface area contributed by atoms with Gasteiger partial charge in [0.2, 0.25) is 0 Å². The molecular weight excluding hydrogens is 352 g/mol. The van der Waals surface area contributed by atoms with Crippen LogP contribution in [0.2, 0.25) is 0 Å². The van der Waals surface area contributed by atoms with Crippen molar-refractivity contribution in [2.75, 3.05) is 0 Å². The van der Waals surface area contributed by atoms with Crippen LogP contribution in [0.3, 0.4) is 0 Å². The summed E-state index contributed by atoms with van der Waals surface area (Å²) >= 11 is 0. The second-order valence-corrected chi connectivity index (χ2v) is 6.70. The van der Waals surface area contributed by atoms with E-state index in [1.807, 2.05) is 72.8 Å². The number of hydrogen-bond donors (Lipinski definition) is 2. The van der Waals surface area contributed by atoms with Crippen LogP contribution in [0.15, 0.2) is 84.1 Å². The fourth-order valence-corrected chi connectivity index (χ4v) is 3.50. The van der Waals surface area contributed by atoms with Crippen molar-refractivity contribution < 1.29 is 14.3 Å². The van der Waals surface area contributed by atoms with Crippen molar-refractivity contribution in [2.45, 2.75) is 19.6 Å². The summed E-state index contributed by atoms with van der Waals surface area (Å²) < 4.78 is 5.64. The van der Waals surface area contributed by atoms with Gasteiger partial charge in [-0.25, -0.2) is 9.59 Å². The van der Waals surface area contributed by atoms with E-state index in [0.717, 1.165) is 21.9 Å². The molecule has 2 amide bonds. The number of rotatable bonds is 4. The summed E-state index contributed by atoms with van der Waals surface area (Å²) in [7, 11) is 0.